The quantitative estimate of drug-likeness (QED) is 0.575. The van der Waals surface area contributed by atoms with Crippen LogP contribution in [0.15, 0.2) is 60.9 Å². The first-order chi connectivity index (χ1) is 6.45. The summed E-state index contributed by atoms with van der Waals surface area (Å²) in [4.78, 5) is 0. The number of nitrogens with zero attached hydrogens (tertiary/aromatic N) is 1. The predicted octanol–water partition coefficient (Wildman–Crippen LogP) is 0.499. The zero-order valence-corrected chi connectivity index (χ0v) is 7.43. The maximum absolute atomic E-state index is 2.16. The zero-order chi connectivity index (χ0) is 8.93. The van der Waals surface area contributed by atoms with Gasteiger partial charge in [-0.1, -0.05) is 36.4 Å². The Labute approximate surface area is 78.9 Å². The van der Waals surface area contributed by atoms with E-state index < -0.39 is 0 Å². The molecule has 0 saturated heterocycles. The fourth-order valence-electron chi connectivity index (χ4n) is 1.33. The lowest BCUT2D eigenvalue weighted by molar-refractivity contribution is -0.527. The molecule has 1 aromatic carbocycles. The van der Waals surface area contributed by atoms with E-state index in [4.69, 9.17) is 0 Å². The molecule has 0 atom stereocenters. The van der Waals surface area contributed by atoms with Gasteiger partial charge in [-0.25, -0.2) is 0 Å². The highest BCUT2D eigenvalue weighted by Crippen LogP contribution is 1.80. The monoisotopic (exact) mass is 168 g/mol. The number of rotatable bonds is 2. The molecule has 2 heteroatoms. The van der Waals surface area contributed by atoms with E-state index in [-0.39, 0.29) is 0 Å². The molecule has 0 amide bonds. The van der Waals surface area contributed by atoms with Crippen molar-refractivity contribution in [3.05, 3.63) is 60.9 Å². The van der Waals surface area contributed by atoms with Crippen molar-refractivity contribution >= 4 is 12.9 Å². The van der Waals surface area contributed by atoms with Gasteiger partial charge in [0.15, 0.2) is 0 Å². The summed E-state index contributed by atoms with van der Waals surface area (Å²) in [6.45, 7) is 0. The van der Waals surface area contributed by atoms with Crippen LogP contribution in [0.3, 0.4) is 0 Å². The van der Waals surface area contributed by atoms with E-state index in [9.17, 15) is 0 Å². The highest BCUT2D eigenvalue weighted by atomic mass is 14.8. The lowest BCUT2D eigenvalue weighted by Gasteiger charge is -1.93. The Balaban J connectivity index is 2.16. The van der Waals surface area contributed by atoms with Gasteiger partial charge < -0.3 is 0 Å². The Morgan fingerprint density at radius 2 is 1.38 bits per heavy atom. The molecule has 1 aromatic heterocycles. The van der Waals surface area contributed by atoms with Gasteiger partial charge in [0.25, 0.3) is 0 Å². The van der Waals surface area contributed by atoms with Crippen LogP contribution in [0.2, 0.25) is 0 Å². The summed E-state index contributed by atoms with van der Waals surface area (Å²) in [6, 6.07) is 16.6. The van der Waals surface area contributed by atoms with Crippen LogP contribution in [-0.4, -0.2) is 7.41 Å². The topological polar surface area (TPSA) is 3.88 Å². The second-order valence-corrected chi connectivity index (χ2v) is 3.03. The van der Waals surface area contributed by atoms with Gasteiger partial charge in [0.1, 0.15) is 12.4 Å². The van der Waals surface area contributed by atoms with E-state index in [1.54, 1.807) is 0 Å². The molecule has 13 heavy (non-hydrogen) atoms. The third-order valence-corrected chi connectivity index (χ3v) is 1.99. The minimum absolute atomic E-state index is 0.946. The van der Waals surface area contributed by atoms with Crippen molar-refractivity contribution < 1.29 is 4.48 Å². The molecule has 0 radical (unpaired) electrons. The largest absolute Gasteiger partial charge is 0.507 e. The molecule has 0 bridgehead atoms. The summed E-state index contributed by atoms with van der Waals surface area (Å²) in [5.41, 5.74) is 1.33. The summed E-state index contributed by atoms with van der Waals surface area (Å²) in [5, 5.41) is 0. The molecule has 2 aromatic rings. The van der Waals surface area contributed by atoms with Gasteiger partial charge >= 0.3 is 7.41 Å². The van der Waals surface area contributed by atoms with Gasteiger partial charge in [-0.3, -0.25) is 4.48 Å². The molecular formula is C11H11BN+. The van der Waals surface area contributed by atoms with Crippen molar-refractivity contribution in [1.82, 2.24) is 0 Å². The summed E-state index contributed by atoms with van der Waals surface area (Å²) in [5.74, 6) is 0. The van der Waals surface area contributed by atoms with Gasteiger partial charge in [-0.05, 0) is 17.6 Å². The second-order valence-electron chi connectivity index (χ2n) is 3.03. The molecular weight excluding hydrogens is 157 g/mol. The van der Waals surface area contributed by atoms with E-state index in [0.29, 0.717) is 0 Å². The van der Waals surface area contributed by atoms with Gasteiger partial charge in [-0.15, -0.1) is 0 Å². The van der Waals surface area contributed by atoms with Gasteiger partial charge in [0.2, 0.25) is 0 Å². The summed E-state index contributed by atoms with van der Waals surface area (Å²) in [6.07, 6.45) is 4.15. The van der Waals surface area contributed by atoms with E-state index in [1.807, 2.05) is 24.3 Å². The van der Waals surface area contributed by atoms with Crippen LogP contribution in [0, 0.1) is 0 Å². The van der Waals surface area contributed by atoms with Crippen LogP contribution in [0.5, 0.6) is 0 Å². The van der Waals surface area contributed by atoms with Crippen molar-refractivity contribution in [1.29, 1.82) is 0 Å². The molecule has 0 fully saturated rings. The molecule has 62 valence electrons. The van der Waals surface area contributed by atoms with Crippen LogP contribution in [-0.2, 0) is 0 Å². The molecule has 1 heterocycles. The fourth-order valence-corrected chi connectivity index (χ4v) is 1.33. The SMILES string of the molecule is B(c1ccccc1)[n+]1ccccc1. The average molecular weight is 168 g/mol. The van der Waals surface area contributed by atoms with Crippen molar-refractivity contribution in [3.63, 3.8) is 0 Å². The Morgan fingerprint density at radius 3 is 2.08 bits per heavy atom. The van der Waals surface area contributed by atoms with Crippen molar-refractivity contribution in [3.8, 4) is 0 Å². The van der Waals surface area contributed by atoms with Crippen molar-refractivity contribution in [2.75, 3.05) is 0 Å². The average Bonchev–Trinajstić information content (AvgIpc) is 2.21. The second kappa shape index (κ2) is 3.90. The summed E-state index contributed by atoms with van der Waals surface area (Å²) in [7, 11) is 0.946. The molecule has 0 saturated carbocycles. The maximum Gasteiger partial charge on any atom is 0.507 e. The molecule has 2 rings (SSSR count). The van der Waals surface area contributed by atoms with E-state index in [0.717, 1.165) is 7.41 Å². The minimum Gasteiger partial charge on any atom is -0.289 e. The van der Waals surface area contributed by atoms with Crippen LogP contribution in [0.4, 0.5) is 0 Å². The summed E-state index contributed by atoms with van der Waals surface area (Å²) >= 11 is 0. The molecule has 0 unspecified atom stereocenters. The Hall–Kier alpha value is -1.57. The molecule has 0 aliphatic carbocycles. The lowest BCUT2D eigenvalue weighted by atomic mass is 9.82. The van der Waals surface area contributed by atoms with E-state index >= 15 is 0 Å². The number of hydrogen-bond acceptors (Lipinski definition) is 0. The molecule has 1 nitrogen and oxygen atoms in total. The fraction of sp³-hybridized carbons (Fsp3) is 0. The highest BCUT2D eigenvalue weighted by molar-refractivity contribution is 6.44. The molecule has 0 spiro atoms. The summed E-state index contributed by atoms with van der Waals surface area (Å²) < 4.78 is 2.16. The predicted molar refractivity (Wildman–Crippen MR) is 55.3 cm³/mol. The maximum atomic E-state index is 2.16. The third kappa shape index (κ3) is 2.18. The van der Waals surface area contributed by atoms with Gasteiger partial charge in [0, 0.05) is 0 Å². The normalized spacial score (nSPS) is 9.54. The molecule has 0 aliphatic rings. The van der Waals surface area contributed by atoms with Crippen molar-refractivity contribution in [2.45, 2.75) is 0 Å². The molecule has 0 aliphatic heterocycles. The van der Waals surface area contributed by atoms with Crippen LogP contribution in [0.1, 0.15) is 0 Å². The standard InChI is InChI=1S/C11H11BN/c1-3-7-11(8-4-1)12-13-9-5-2-6-10-13/h1-10,12H/q+1. The lowest BCUT2D eigenvalue weighted by Crippen LogP contribution is -2.45. The Kier molecular flexibility index (Phi) is 2.42. The number of aromatic nitrogens is 1. The zero-order valence-electron chi connectivity index (χ0n) is 7.43. The number of hydrogen-bond donors (Lipinski definition) is 0. The van der Waals surface area contributed by atoms with Crippen LogP contribution < -0.4 is 9.94 Å². The first-order valence-electron chi connectivity index (χ1n) is 4.43. The highest BCUT2D eigenvalue weighted by Gasteiger charge is 2.04. The van der Waals surface area contributed by atoms with E-state index in [2.05, 4.69) is 41.1 Å². The Morgan fingerprint density at radius 1 is 0.769 bits per heavy atom. The first kappa shape index (κ1) is 8.05. The number of pyridine rings is 1. The minimum atomic E-state index is 0.946. The van der Waals surface area contributed by atoms with E-state index in [1.165, 1.54) is 5.46 Å². The Bertz CT molecular complexity index is 321. The van der Waals surface area contributed by atoms with Crippen LogP contribution >= 0.6 is 0 Å². The van der Waals surface area contributed by atoms with Crippen LogP contribution in [0.25, 0.3) is 0 Å². The smallest absolute Gasteiger partial charge is 0.289 e. The van der Waals surface area contributed by atoms with Crippen molar-refractivity contribution in [2.24, 2.45) is 0 Å². The number of benzene rings is 1. The third-order valence-electron chi connectivity index (χ3n) is 1.99. The first-order valence-corrected chi connectivity index (χ1v) is 4.43. The molecule has 0 N–H and O–H groups in total. The van der Waals surface area contributed by atoms with Gasteiger partial charge in [-0.2, -0.15) is 0 Å². The van der Waals surface area contributed by atoms with Gasteiger partial charge in [0.05, 0.1) is 0 Å².